The summed E-state index contributed by atoms with van der Waals surface area (Å²) in [5, 5.41) is 4.19. The zero-order chi connectivity index (χ0) is 11.1. The minimum absolute atomic E-state index is 0.694. The Labute approximate surface area is 97.4 Å². The molecule has 15 heavy (non-hydrogen) atoms. The summed E-state index contributed by atoms with van der Waals surface area (Å²) in [7, 11) is 0. The van der Waals surface area contributed by atoms with E-state index in [-0.39, 0.29) is 0 Å². The maximum absolute atomic E-state index is 3.50. The fraction of sp³-hybridized carbons (Fsp3) is 0.667. The Balaban J connectivity index is 2.33. The molecule has 0 saturated carbocycles. The summed E-state index contributed by atoms with van der Waals surface area (Å²) in [4.78, 5) is 0. The summed E-state index contributed by atoms with van der Waals surface area (Å²) < 4.78 is 2.33. The minimum Gasteiger partial charge on any atom is -0.350 e. The molecule has 0 fully saturated rings. The normalized spacial score (nSPS) is 13.0. The molecule has 0 aliphatic rings. The summed E-state index contributed by atoms with van der Waals surface area (Å²) in [5.74, 6) is 0. The van der Waals surface area contributed by atoms with Crippen LogP contribution in [0.2, 0.25) is 0 Å². The Kier molecular flexibility index (Phi) is 5.88. The van der Waals surface area contributed by atoms with E-state index in [1.54, 1.807) is 0 Å². The third kappa shape index (κ3) is 4.31. The summed E-state index contributed by atoms with van der Waals surface area (Å²) >= 11 is 1.91. The molecule has 0 aromatic carbocycles. The molecule has 2 nitrogen and oxygen atoms in total. The zero-order valence-corrected chi connectivity index (χ0v) is 10.8. The van der Waals surface area contributed by atoms with E-state index in [2.05, 4.69) is 48.3 Å². The van der Waals surface area contributed by atoms with Crippen LogP contribution >= 0.6 is 11.8 Å². The summed E-state index contributed by atoms with van der Waals surface area (Å²) in [5.41, 5.74) is 1.39. The van der Waals surface area contributed by atoms with E-state index in [0.29, 0.717) is 5.25 Å². The van der Waals surface area contributed by atoms with Crippen molar-refractivity contribution < 1.29 is 0 Å². The van der Waals surface area contributed by atoms with Gasteiger partial charge in [0, 0.05) is 36.8 Å². The quantitative estimate of drug-likeness (QED) is 0.770. The van der Waals surface area contributed by atoms with E-state index in [0.717, 1.165) is 19.6 Å². The van der Waals surface area contributed by atoms with Crippen LogP contribution in [-0.4, -0.2) is 22.6 Å². The van der Waals surface area contributed by atoms with Crippen molar-refractivity contribution >= 4 is 11.8 Å². The molecule has 0 spiro atoms. The molecular formula is C12H22N2S. The Morgan fingerprint density at radius 3 is 3.00 bits per heavy atom. The number of thioether (sulfide) groups is 1. The largest absolute Gasteiger partial charge is 0.350 e. The summed E-state index contributed by atoms with van der Waals surface area (Å²) in [6.45, 7) is 7.66. The Bertz CT molecular complexity index is 270. The first-order valence-corrected chi connectivity index (χ1v) is 6.94. The van der Waals surface area contributed by atoms with Crippen molar-refractivity contribution in [2.24, 2.45) is 0 Å². The van der Waals surface area contributed by atoms with E-state index in [4.69, 9.17) is 0 Å². The number of aryl methyl sites for hydroxylation is 1. The van der Waals surface area contributed by atoms with Gasteiger partial charge in [-0.2, -0.15) is 11.8 Å². The molecule has 1 aromatic heterocycles. The van der Waals surface area contributed by atoms with Crippen LogP contribution in [0.15, 0.2) is 18.3 Å². The van der Waals surface area contributed by atoms with Gasteiger partial charge < -0.3 is 9.88 Å². The van der Waals surface area contributed by atoms with Crippen LogP contribution in [0.3, 0.4) is 0 Å². The molecule has 1 atom stereocenters. The Morgan fingerprint density at radius 1 is 1.53 bits per heavy atom. The highest BCUT2D eigenvalue weighted by Gasteiger charge is 2.01. The van der Waals surface area contributed by atoms with E-state index < -0.39 is 0 Å². The van der Waals surface area contributed by atoms with Crippen molar-refractivity contribution in [1.29, 1.82) is 0 Å². The summed E-state index contributed by atoms with van der Waals surface area (Å²) in [6.07, 6.45) is 5.52. The van der Waals surface area contributed by atoms with Gasteiger partial charge in [-0.3, -0.25) is 0 Å². The van der Waals surface area contributed by atoms with E-state index in [9.17, 15) is 0 Å². The monoisotopic (exact) mass is 226 g/mol. The van der Waals surface area contributed by atoms with Gasteiger partial charge >= 0.3 is 0 Å². The van der Waals surface area contributed by atoms with E-state index in [1.165, 1.54) is 12.1 Å². The van der Waals surface area contributed by atoms with Gasteiger partial charge in [0.2, 0.25) is 0 Å². The highest BCUT2D eigenvalue weighted by atomic mass is 32.2. The highest BCUT2D eigenvalue weighted by molar-refractivity contribution is 7.99. The smallest absolute Gasteiger partial charge is 0.0359 e. The number of aromatic nitrogens is 1. The van der Waals surface area contributed by atoms with Crippen LogP contribution in [-0.2, 0) is 13.1 Å². The first kappa shape index (κ1) is 12.7. The molecule has 0 radical (unpaired) electrons. The maximum atomic E-state index is 3.50. The number of hydrogen-bond acceptors (Lipinski definition) is 2. The fourth-order valence-electron chi connectivity index (χ4n) is 1.56. The second-order valence-corrected chi connectivity index (χ2v) is 5.15. The molecule has 3 heteroatoms. The molecule has 1 unspecified atom stereocenters. The first-order chi connectivity index (χ1) is 7.27. The molecule has 86 valence electrons. The third-order valence-corrected chi connectivity index (χ3v) is 3.50. The summed E-state index contributed by atoms with van der Waals surface area (Å²) in [6, 6.07) is 4.33. The lowest BCUT2D eigenvalue weighted by molar-refractivity contribution is 0.602. The SMILES string of the molecule is CCCn1cccc1CNCC(C)SC. The second kappa shape index (κ2) is 6.96. The van der Waals surface area contributed by atoms with Gasteiger partial charge in [0.1, 0.15) is 0 Å². The van der Waals surface area contributed by atoms with Crippen LogP contribution in [0.25, 0.3) is 0 Å². The lowest BCUT2D eigenvalue weighted by Gasteiger charge is -2.11. The second-order valence-electron chi connectivity index (χ2n) is 3.87. The van der Waals surface area contributed by atoms with Crippen molar-refractivity contribution in [3.63, 3.8) is 0 Å². The molecule has 0 amide bonds. The topological polar surface area (TPSA) is 17.0 Å². The molecule has 0 saturated heterocycles. The van der Waals surface area contributed by atoms with E-state index in [1.807, 2.05) is 11.8 Å². The minimum atomic E-state index is 0.694. The van der Waals surface area contributed by atoms with Gasteiger partial charge in [0.15, 0.2) is 0 Å². The van der Waals surface area contributed by atoms with Gasteiger partial charge in [-0.15, -0.1) is 0 Å². The van der Waals surface area contributed by atoms with Gasteiger partial charge in [-0.1, -0.05) is 13.8 Å². The number of rotatable bonds is 7. The fourth-order valence-corrected chi connectivity index (χ4v) is 1.84. The van der Waals surface area contributed by atoms with Crippen molar-refractivity contribution in [1.82, 2.24) is 9.88 Å². The lowest BCUT2D eigenvalue weighted by Crippen LogP contribution is -2.23. The van der Waals surface area contributed by atoms with Crippen molar-refractivity contribution in [3.8, 4) is 0 Å². The van der Waals surface area contributed by atoms with Gasteiger partial charge in [-0.25, -0.2) is 0 Å². The average Bonchev–Trinajstić information content (AvgIpc) is 2.66. The van der Waals surface area contributed by atoms with Crippen LogP contribution < -0.4 is 5.32 Å². The molecule has 0 aliphatic carbocycles. The Morgan fingerprint density at radius 2 is 2.33 bits per heavy atom. The zero-order valence-electron chi connectivity index (χ0n) is 9.99. The van der Waals surface area contributed by atoms with Crippen molar-refractivity contribution in [3.05, 3.63) is 24.0 Å². The Hall–Kier alpha value is -0.410. The van der Waals surface area contributed by atoms with Crippen LogP contribution in [0.5, 0.6) is 0 Å². The number of nitrogens with zero attached hydrogens (tertiary/aromatic N) is 1. The maximum Gasteiger partial charge on any atom is 0.0359 e. The predicted octanol–water partition coefficient (Wildman–Crippen LogP) is 2.74. The van der Waals surface area contributed by atoms with E-state index >= 15 is 0 Å². The van der Waals surface area contributed by atoms with Crippen LogP contribution in [0.4, 0.5) is 0 Å². The predicted molar refractivity (Wildman–Crippen MR) is 69.4 cm³/mol. The molecular weight excluding hydrogens is 204 g/mol. The highest BCUT2D eigenvalue weighted by Crippen LogP contribution is 2.05. The standard InChI is InChI=1S/C12H22N2S/c1-4-7-14-8-5-6-12(14)10-13-9-11(2)15-3/h5-6,8,11,13H,4,7,9-10H2,1-3H3. The number of hydrogen-bond donors (Lipinski definition) is 1. The lowest BCUT2D eigenvalue weighted by atomic mass is 10.4. The molecule has 0 aliphatic heterocycles. The average molecular weight is 226 g/mol. The van der Waals surface area contributed by atoms with Gasteiger partial charge in [0.25, 0.3) is 0 Å². The molecule has 1 rings (SSSR count). The van der Waals surface area contributed by atoms with Gasteiger partial charge in [0.05, 0.1) is 0 Å². The molecule has 1 heterocycles. The first-order valence-electron chi connectivity index (χ1n) is 5.65. The molecule has 0 bridgehead atoms. The van der Waals surface area contributed by atoms with Crippen LogP contribution in [0, 0.1) is 0 Å². The third-order valence-electron chi connectivity index (χ3n) is 2.53. The molecule has 1 aromatic rings. The van der Waals surface area contributed by atoms with Crippen molar-refractivity contribution in [2.45, 2.75) is 38.6 Å². The van der Waals surface area contributed by atoms with Crippen molar-refractivity contribution in [2.75, 3.05) is 12.8 Å². The van der Waals surface area contributed by atoms with Crippen LogP contribution in [0.1, 0.15) is 26.0 Å². The van der Waals surface area contributed by atoms with Gasteiger partial charge in [-0.05, 0) is 24.8 Å². The number of nitrogens with one attached hydrogen (secondary N) is 1. The molecule has 1 N–H and O–H groups in total.